The van der Waals surface area contributed by atoms with Crippen LogP contribution in [0.4, 0.5) is 0 Å². The summed E-state index contributed by atoms with van der Waals surface area (Å²) >= 11 is 0. The minimum atomic E-state index is -0.863. The summed E-state index contributed by atoms with van der Waals surface area (Å²) in [6.45, 7) is 2.18. The highest BCUT2D eigenvalue weighted by molar-refractivity contribution is 5.30. The van der Waals surface area contributed by atoms with Gasteiger partial charge in [-0.15, -0.1) is 5.10 Å². The standard InChI is InChI=1S/C17H20N6O/c24-17(6-8-18-9-7-17)16-13-22(21-20-16)11-14-10-19-23(12-14)15-4-2-1-3-5-15/h1-5,10,12-13,18,24H,6-9,11H2. The van der Waals surface area contributed by atoms with E-state index in [1.807, 2.05) is 53.6 Å². The van der Waals surface area contributed by atoms with E-state index in [0.717, 1.165) is 24.3 Å². The van der Waals surface area contributed by atoms with Gasteiger partial charge < -0.3 is 10.4 Å². The fourth-order valence-electron chi connectivity index (χ4n) is 3.04. The lowest BCUT2D eigenvalue weighted by Gasteiger charge is -2.30. The molecule has 1 aromatic carbocycles. The second-order valence-corrected chi connectivity index (χ2v) is 6.21. The number of hydrogen-bond donors (Lipinski definition) is 2. The maximum absolute atomic E-state index is 10.7. The molecule has 0 unspecified atom stereocenters. The van der Waals surface area contributed by atoms with Gasteiger partial charge in [0.15, 0.2) is 0 Å². The van der Waals surface area contributed by atoms with Crippen LogP contribution >= 0.6 is 0 Å². The van der Waals surface area contributed by atoms with Gasteiger partial charge in [0.2, 0.25) is 0 Å². The topological polar surface area (TPSA) is 80.8 Å². The van der Waals surface area contributed by atoms with Crippen LogP contribution in [0.5, 0.6) is 0 Å². The van der Waals surface area contributed by atoms with Crippen LogP contribution in [0.25, 0.3) is 5.69 Å². The zero-order valence-electron chi connectivity index (χ0n) is 13.3. The predicted octanol–water partition coefficient (Wildman–Crippen LogP) is 1.08. The van der Waals surface area contributed by atoms with Gasteiger partial charge in [-0.3, -0.25) is 0 Å². The Kier molecular flexibility index (Phi) is 3.87. The first kappa shape index (κ1) is 15.0. The summed E-state index contributed by atoms with van der Waals surface area (Å²) in [6.07, 6.45) is 6.98. The summed E-state index contributed by atoms with van der Waals surface area (Å²) in [5.41, 5.74) is 1.84. The highest BCUT2D eigenvalue weighted by atomic mass is 16.3. The first-order valence-corrected chi connectivity index (χ1v) is 8.16. The predicted molar refractivity (Wildman–Crippen MR) is 88.7 cm³/mol. The number of benzene rings is 1. The Labute approximate surface area is 139 Å². The molecule has 2 aromatic heterocycles. The molecule has 1 aliphatic rings. The maximum Gasteiger partial charge on any atom is 0.114 e. The van der Waals surface area contributed by atoms with Crippen LogP contribution in [0.2, 0.25) is 0 Å². The van der Waals surface area contributed by atoms with Gasteiger partial charge in [-0.1, -0.05) is 23.4 Å². The molecule has 3 aromatic rings. The van der Waals surface area contributed by atoms with E-state index in [-0.39, 0.29) is 0 Å². The van der Waals surface area contributed by atoms with Gasteiger partial charge in [0.05, 0.1) is 24.6 Å². The van der Waals surface area contributed by atoms with Crippen molar-refractivity contribution in [1.29, 1.82) is 0 Å². The lowest BCUT2D eigenvalue weighted by Crippen LogP contribution is -2.40. The van der Waals surface area contributed by atoms with Gasteiger partial charge in [0.1, 0.15) is 11.3 Å². The summed E-state index contributed by atoms with van der Waals surface area (Å²) in [5, 5.41) is 26.7. The first-order chi connectivity index (χ1) is 11.7. The smallest absolute Gasteiger partial charge is 0.114 e. The van der Waals surface area contributed by atoms with Gasteiger partial charge in [0, 0.05) is 11.8 Å². The number of para-hydroxylation sites is 1. The minimum absolute atomic E-state index is 0.578. The SMILES string of the molecule is OC1(c2cn(Cc3cnn(-c4ccccc4)c3)nn2)CCNCC1. The van der Waals surface area contributed by atoms with Crippen molar-refractivity contribution in [3.05, 3.63) is 60.2 Å². The van der Waals surface area contributed by atoms with Crippen molar-refractivity contribution < 1.29 is 5.11 Å². The van der Waals surface area contributed by atoms with E-state index in [2.05, 4.69) is 20.7 Å². The second kappa shape index (κ2) is 6.18. The quantitative estimate of drug-likeness (QED) is 0.751. The molecule has 4 rings (SSSR count). The monoisotopic (exact) mass is 324 g/mol. The van der Waals surface area contributed by atoms with Gasteiger partial charge >= 0.3 is 0 Å². The number of nitrogens with one attached hydrogen (secondary N) is 1. The third kappa shape index (κ3) is 2.95. The normalized spacial score (nSPS) is 17.0. The van der Waals surface area contributed by atoms with Crippen molar-refractivity contribution in [2.45, 2.75) is 25.0 Å². The minimum Gasteiger partial charge on any atom is -0.383 e. The first-order valence-electron chi connectivity index (χ1n) is 8.16. The lowest BCUT2D eigenvalue weighted by molar-refractivity contribution is 0.00176. The Morgan fingerprint density at radius 3 is 2.71 bits per heavy atom. The molecule has 0 saturated carbocycles. The zero-order chi connectivity index (χ0) is 16.4. The molecule has 7 heteroatoms. The van der Waals surface area contributed by atoms with Crippen LogP contribution in [-0.4, -0.2) is 43.0 Å². The molecule has 0 radical (unpaired) electrons. The number of aliphatic hydroxyl groups is 1. The molecular formula is C17H20N6O. The third-order valence-electron chi connectivity index (χ3n) is 4.45. The molecule has 3 heterocycles. The molecule has 1 aliphatic heterocycles. The Balaban J connectivity index is 1.49. The average molecular weight is 324 g/mol. The van der Waals surface area contributed by atoms with Gasteiger partial charge in [-0.25, -0.2) is 9.36 Å². The molecular weight excluding hydrogens is 304 g/mol. The third-order valence-corrected chi connectivity index (χ3v) is 4.45. The summed E-state index contributed by atoms with van der Waals surface area (Å²) in [7, 11) is 0. The average Bonchev–Trinajstić information content (AvgIpc) is 3.27. The van der Waals surface area contributed by atoms with E-state index >= 15 is 0 Å². The van der Waals surface area contributed by atoms with Gasteiger partial charge in [-0.2, -0.15) is 5.10 Å². The lowest BCUT2D eigenvalue weighted by atomic mass is 9.90. The highest BCUT2D eigenvalue weighted by Crippen LogP contribution is 2.28. The molecule has 124 valence electrons. The van der Waals surface area contributed by atoms with Crippen LogP contribution in [0.15, 0.2) is 48.9 Å². The molecule has 0 spiro atoms. The van der Waals surface area contributed by atoms with Crippen molar-refractivity contribution >= 4 is 0 Å². The molecule has 1 saturated heterocycles. The largest absolute Gasteiger partial charge is 0.383 e. The second-order valence-electron chi connectivity index (χ2n) is 6.21. The fraction of sp³-hybridized carbons (Fsp3) is 0.353. The highest BCUT2D eigenvalue weighted by Gasteiger charge is 2.33. The van der Waals surface area contributed by atoms with E-state index in [1.165, 1.54) is 0 Å². The number of aromatic nitrogens is 5. The van der Waals surface area contributed by atoms with Gasteiger partial charge in [0.25, 0.3) is 0 Å². The number of hydrogen-bond acceptors (Lipinski definition) is 5. The molecule has 1 fully saturated rings. The summed E-state index contributed by atoms with van der Waals surface area (Å²) in [4.78, 5) is 0. The Morgan fingerprint density at radius 1 is 1.12 bits per heavy atom. The van der Waals surface area contributed by atoms with Crippen LogP contribution in [-0.2, 0) is 12.1 Å². The fourth-order valence-corrected chi connectivity index (χ4v) is 3.04. The molecule has 0 atom stereocenters. The van der Waals surface area contributed by atoms with E-state index in [4.69, 9.17) is 0 Å². The Bertz CT molecular complexity index is 803. The van der Waals surface area contributed by atoms with E-state index in [0.29, 0.717) is 25.1 Å². The van der Waals surface area contributed by atoms with Crippen molar-refractivity contribution in [2.24, 2.45) is 0 Å². The number of piperidine rings is 1. The van der Waals surface area contributed by atoms with Crippen LogP contribution in [0.3, 0.4) is 0 Å². The van der Waals surface area contributed by atoms with Gasteiger partial charge in [-0.05, 0) is 38.1 Å². The van der Waals surface area contributed by atoms with E-state index in [9.17, 15) is 5.11 Å². The Morgan fingerprint density at radius 2 is 1.92 bits per heavy atom. The van der Waals surface area contributed by atoms with Crippen LogP contribution in [0, 0.1) is 0 Å². The molecule has 0 bridgehead atoms. The molecule has 0 amide bonds. The summed E-state index contributed by atoms with van der Waals surface area (Å²) in [6, 6.07) is 9.98. The summed E-state index contributed by atoms with van der Waals surface area (Å²) < 4.78 is 3.59. The molecule has 0 aliphatic carbocycles. The number of rotatable bonds is 4. The van der Waals surface area contributed by atoms with Crippen molar-refractivity contribution in [2.75, 3.05) is 13.1 Å². The van der Waals surface area contributed by atoms with E-state index in [1.54, 1.807) is 4.68 Å². The zero-order valence-corrected chi connectivity index (χ0v) is 13.3. The van der Waals surface area contributed by atoms with Crippen LogP contribution < -0.4 is 5.32 Å². The van der Waals surface area contributed by atoms with E-state index < -0.39 is 5.60 Å². The van der Waals surface area contributed by atoms with Crippen molar-refractivity contribution in [3.8, 4) is 5.69 Å². The Hall–Kier alpha value is -2.51. The number of nitrogens with zero attached hydrogens (tertiary/aromatic N) is 5. The van der Waals surface area contributed by atoms with Crippen molar-refractivity contribution in [3.63, 3.8) is 0 Å². The summed E-state index contributed by atoms with van der Waals surface area (Å²) in [5.74, 6) is 0. The molecule has 7 nitrogen and oxygen atoms in total. The molecule has 2 N–H and O–H groups in total. The van der Waals surface area contributed by atoms with Crippen LogP contribution in [0.1, 0.15) is 24.1 Å². The van der Waals surface area contributed by atoms with Crippen molar-refractivity contribution in [1.82, 2.24) is 30.1 Å². The molecule has 24 heavy (non-hydrogen) atoms. The maximum atomic E-state index is 10.7.